The zero-order chi connectivity index (χ0) is 22.3. The molecule has 4 rings (SSSR count). The van der Waals surface area contributed by atoms with Gasteiger partial charge in [-0.3, -0.25) is 4.79 Å². The van der Waals surface area contributed by atoms with Gasteiger partial charge in [0.05, 0.1) is 28.7 Å². The molecule has 1 N–H and O–H groups in total. The van der Waals surface area contributed by atoms with Crippen LogP contribution in [-0.2, 0) is 6.18 Å². The van der Waals surface area contributed by atoms with Crippen LogP contribution in [0.25, 0.3) is 10.5 Å². The lowest BCUT2D eigenvalue weighted by atomic mass is 10.1. The Kier molecular flexibility index (Phi) is 4.99. The molecule has 11 heteroatoms. The molecule has 0 fully saturated rings. The van der Waals surface area contributed by atoms with Crippen molar-refractivity contribution in [1.82, 2.24) is 9.78 Å². The average Bonchev–Trinajstić information content (AvgIpc) is 3.31. The van der Waals surface area contributed by atoms with Crippen LogP contribution in [0.2, 0.25) is 5.02 Å². The van der Waals surface area contributed by atoms with Gasteiger partial charge in [0, 0.05) is 5.56 Å². The minimum atomic E-state index is -4.71. The fourth-order valence-corrected chi connectivity index (χ4v) is 3.24. The van der Waals surface area contributed by atoms with Gasteiger partial charge >= 0.3 is 6.18 Å². The summed E-state index contributed by atoms with van der Waals surface area (Å²) < 4.78 is 50.8. The Bertz CT molecular complexity index is 1250. The van der Waals surface area contributed by atoms with E-state index in [0.717, 1.165) is 4.68 Å². The first kappa shape index (κ1) is 20.6. The summed E-state index contributed by atoms with van der Waals surface area (Å²) in [5.41, 5.74) is -0.392. The van der Waals surface area contributed by atoms with E-state index in [1.165, 1.54) is 43.3 Å². The number of alkyl halides is 3. The van der Waals surface area contributed by atoms with E-state index in [0.29, 0.717) is 11.5 Å². The third-order valence-electron chi connectivity index (χ3n) is 4.52. The predicted octanol–water partition coefficient (Wildman–Crippen LogP) is 5.38. The molecule has 2 aromatic carbocycles. The van der Waals surface area contributed by atoms with Crippen LogP contribution in [0.3, 0.4) is 0 Å². The number of ether oxygens (including phenoxy) is 2. The molecule has 0 saturated heterocycles. The number of rotatable bonds is 3. The molecule has 7 nitrogen and oxygen atoms in total. The molecule has 0 saturated carbocycles. The fraction of sp³-hybridized carbons (Fsp3) is 0.150. The van der Waals surface area contributed by atoms with Crippen LogP contribution in [-0.4, -0.2) is 22.5 Å². The Hall–Kier alpha value is -3.71. The molecule has 158 valence electrons. The van der Waals surface area contributed by atoms with E-state index in [2.05, 4.69) is 15.3 Å². The second-order valence-electron chi connectivity index (χ2n) is 6.50. The van der Waals surface area contributed by atoms with Crippen molar-refractivity contribution < 1.29 is 27.4 Å². The van der Waals surface area contributed by atoms with Gasteiger partial charge in [-0.1, -0.05) is 17.7 Å². The molecule has 1 aliphatic rings. The summed E-state index contributed by atoms with van der Waals surface area (Å²) >= 11 is 5.81. The molecule has 2 heterocycles. The van der Waals surface area contributed by atoms with Gasteiger partial charge in [-0.05, 0) is 37.3 Å². The number of hydrogen-bond donors (Lipinski definition) is 1. The highest BCUT2D eigenvalue weighted by Gasteiger charge is 2.38. The van der Waals surface area contributed by atoms with E-state index >= 15 is 0 Å². The van der Waals surface area contributed by atoms with Crippen molar-refractivity contribution >= 4 is 28.9 Å². The summed E-state index contributed by atoms with van der Waals surface area (Å²) in [7, 11) is 0. The fourth-order valence-electron chi connectivity index (χ4n) is 3.01. The topological polar surface area (TPSA) is 69.7 Å². The first-order chi connectivity index (χ1) is 14.7. The van der Waals surface area contributed by atoms with E-state index < -0.39 is 22.8 Å². The SMILES string of the molecule is [C-]#[N+]c1cc2c(cc1NC(=O)c1cccc(-n3nc(C(F)(F)F)c(Cl)c3C)c1)OCO2. The molecule has 3 aromatic rings. The molecule has 0 atom stereocenters. The van der Waals surface area contributed by atoms with Crippen molar-refractivity contribution in [3.63, 3.8) is 0 Å². The molecule has 31 heavy (non-hydrogen) atoms. The summed E-state index contributed by atoms with van der Waals surface area (Å²) in [6, 6.07) is 8.78. The number of halogens is 4. The third kappa shape index (κ3) is 3.75. The molecule has 0 radical (unpaired) electrons. The van der Waals surface area contributed by atoms with E-state index in [4.69, 9.17) is 27.6 Å². The second-order valence-corrected chi connectivity index (χ2v) is 6.87. The highest BCUT2D eigenvalue weighted by atomic mass is 35.5. The van der Waals surface area contributed by atoms with E-state index in [1.807, 2.05) is 0 Å². The molecule has 0 spiro atoms. The maximum atomic E-state index is 13.1. The summed E-state index contributed by atoms with van der Waals surface area (Å²) in [6.45, 7) is 8.71. The lowest BCUT2D eigenvalue weighted by Crippen LogP contribution is -2.13. The lowest BCUT2D eigenvalue weighted by Gasteiger charge is -2.10. The molecule has 1 aromatic heterocycles. The molecular formula is C20H12ClF3N4O3. The first-order valence-electron chi connectivity index (χ1n) is 8.74. The second kappa shape index (κ2) is 7.52. The van der Waals surface area contributed by atoms with Crippen molar-refractivity contribution in [3.05, 3.63) is 69.8 Å². The molecule has 1 aliphatic heterocycles. The Balaban J connectivity index is 1.66. The average molecular weight is 449 g/mol. The molecule has 0 unspecified atom stereocenters. The van der Waals surface area contributed by atoms with Crippen molar-refractivity contribution in [2.45, 2.75) is 13.1 Å². The van der Waals surface area contributed by atoms with E-state index in [-0.39, 0.29) is 35.1 Å². The zero-order valence-electron chi connectivity index (χ0n) is 15.7. The first-order valence-corrected chi connectivity index (χ1v) is 9.12. The maximum absolute atomic E-state index is 13.1. The van der Waals surface area contributed by atoms with E-state index in [1.54, 1.807) is 0 Å². The van der Waals surface area contributed by atoms with Gasteiger partial charge in [-0.2, -0.15) is 18.3 Å². The van der Waals surface area contributed by atoms with Crippen LogP contribution >= 0.6 is 11.6 Å². The number of nitrogens with zero attached hydrogens (tertiary/aromatic N) is 3. The quantitative estimate of drug-likeness (QED) is 0.546. The highest BCUT2D eigenvalue weighted by molar-refractivity contribution is 6.32. The molecule has 0 aliphatic carbocycles. The number of aromatic nitrogens is 2. The lowest BCUT2D eigenvalue weighted by molar-refractivity contribution is -0.141. The van der Waals surface area contributed by atoms with Crippen LogP contribution < -0.4 is 14.8 Å². The number of nitrogens with one attached hydrogen (secondary N) is 1. The van der Waals surface area contributed by atoms with Crippen LogP contribution in [0.4, 0.5) is 24.5 Å². The summed E-state index contributed by atoms with van der Waals surface area (Å²) in [5, 5.41) is 5.67. The van der Waals surface area contributed by atoms with Crippen molar-refractivity contribution in [1.29, 1.82) is 0 Å². The third-order valence-corrected chi connectivity index (χ3v) is 4.98. The molecule has 1 amide bonds. The van der Waals surface area contributed by atoms with Crippen LogP contribution in [0.15, 0.2) is 36.4 Å². The van der Waals surface area contributed by atoms with Crippen LogP contribution in [0, 0.1) is 13.5 Å². The Morgan fingerprint density at radius 2 is 1.97 bits per heavy atom. The monoisotopic (exact) mass is 448 g/mol. The summed E-state index contributed by atoms with van der Waals surface area (Å²) in [5.74, 6) is 0.216. The predicted molar refractivity (Wildman–Crippen MR) is 105 cm³/mol. The van der Waals surface area contributed by atoms with Crippen molar-refractivity contribution in [3.8, 4) is 17.2 Å². The molecular weight excluding hydrogens is 437 g/mol. The number of amides is 1. The number of anilines is 1. The smallest absolute Gasteiger partial charge is 0.436 e. The number of hydrogen-bond acceptors (Lipinski definition) is 4. The van der Waals surface area contributed by atoms with E-state index in [9.17, 15) is 18.0 Å². The molecule has 0 bridgehead atoms. The number of benzene rings is 2. The highest BCUT2D eigenvalue weighted by Crippen LogP contribution is 2.41. The summed E-state index contributed by atoms with van der Waals surface area (Å²) in [6.07, 6.45) is -4.71. The summed E-state index contributed by atoms with van der Waals surface area (Å²) in [4.78, 5) is 16.1. The zero-order valence-corrected chi connectivity index (χ0v) is 16.5. The number of carbonyl (C=O) groups excluding carboxylic acids is 1. The Morgan fingerprint density at radius 3 is 2.61 bits per heavy atom. The minimum absolute atomic E-state index is 0.0118. The largest absolute Gasteiger partial charge is 0.455 e. The number of carbonyl (C=O) groups is 1. The standard InChI is InChI=1S/C20H12ClF3N4O3/c1-10-17(21)18(20(22,23)24)27-28(10)12-5-3-4-11(6-12)19(29)26-14-8-16-15(30-9-31-16)7-13(14)25-2/h3-8H,9H2,1H3,(H,26,29). The van der Waals surface area contributed by atoms with Gasteiger partial charge in [-0.25, -0.2) is 9.53 Å². The van der Waals surface area contributed by atoms with Gasteiger partial charge in [0.25, 0.3) is 5.91 Å². The van der Waals surface area contributed by atoms with Crippen molar-refractivity contribution in [2.24, 2.45) is 0 Å². The van der Waals surface area contributed by atoms with Crippen LogP contribution in [0.1, 0.15) is 21.7 Å². The number of fused-ring (bicyclic) bond motifs is 1. The van der Waals surface area contributed by atoms with Crippen molar-refractivity contribution in [2.75, 3.05) is 12.1 Å². The van der Waals surface area contributed by atoms with Gasteiger partial charge in [0.2, 0.25) is 12.5 Å². The Labute approximate surface area is 178 Å². The van der Waals surface area contributed by atoms with Gasteiger partial charge in [0.15, 0.2) is 17.2 Å². The normalized spacial score (nSPS) is 12.5. The van der Waals surface area contributed by atoms with Gasteiger partial charge in [-0.15, -0.1) is 0 Å². The van der Waals surface area contributed by atoms with Gasteiger partial charge in [0.1, 0.15) is 0 Å². The maximum Gasteiger partial charge on any atom is 0.436 e. The van der Waals surface area contributed by atoms with Gasteiger partial charge < -0.3 is 14.8 Å². The van der Waals surface area contributed by atoms with Crippen LogP contribution in [0.5, 0.6) is 11.5 Å². The Morgan fingerprint density at radius 1 is 1.26 bits per heavy atom. The minimum Gasteiger partial charge on any atom is -0.455 e.